The third-order valence-electron chi connectivity index (χ3n) is 4.34. The van der Waals surface area contributed by atoms with E-state index < -0.39 is 0 Å². The highest BCUT2D eigenvalue weighted by Crippen LogP contribution is 2.17. The first-order chi connectivity index (χ1) is 12.3. The molecule has 1 aliphatic heterocycles. The Hall–Kier alpha value is -1.06. The van der Waals surface area contributed by atoms with Gasteiger partial charge in [-0.2, -0.15) is 0 Å². The largest absolute Gasteiger partial charge is 0.469 e. The minimum absolute atomic E-state index is 0. The number of ether oxygens (including phenoxy) is 1. The van der Waals surface area contributed by atoms with Crippen LogP contribution >= 0.6 is 35.3 Å². The molecule has 1 aliphatic rings. The van der Waals surface area contributed by atoms with Crippen LogP contribution in [0.4, 0.5) is 0 Å². The summed E-state index contributed by atoms with van der Waals surface area (Å²) in [5.74, 6) is 2.60. The van der Waals surface area contributed by atoms with Gasteiger partial charge in [-0.1, -0.05) is 6.07 Å². The Balaban J connectivity index is 0.00000243. The van der Waals surface area contributed by atoms with Gasteiger partial charge in [0.25, 0.3) is 0 Å². The average Bonchev–Trinajstić information content (AvgIpc) is 3.39. The number of likely N-dealkylation sites (tertiary alicyclic amines) is 1. The fraction of sp³-hybridized carbons (Fsp3) is 0.526. The first-order valence-electron chi connectivity index (χ1n) is 9.01. The fourth-order valence-electron chi connectivity index (χ4n) is 3.02. The maximum Gasteiger partial charge on any atom is 0.194 e. The van der Waals surface area contributed by atoms with Crippen molar-refractivity contribution in [3.63, 3.8) is 0 Å². The molecule has 1 saturated heterocycles. The van der Waals surface area contributed by atoms with Crippen LogP contribution in [0, 0.1) is 5.92 Å². The van der Waals surface area contributed by atoms with Gasteiger partial charge in [0.05, 0.1) is 19.4 Å². The molecule has 2 aromatic rings. The lowest BCUT2D eigenvalue weighted by Gasteiger charge is -2.22. The van der Waals surface area contributed by atoms with Crippen LogP contribution in [0.25, 0.3) is 0 Å². The zero-order chi connectivity index (χ0) is 17.3. The monoisotopic (exact) mass is 489 g/mol. The molecule has 3 rings (SSSR count). The number of nitrogens with one attached hydrogen (secondary N) is 1. The van der Waals surface area contributed by atoms with Crippen LogP contribution in [0.1, 0.15) is 24.0 Å². The lowest BCUT2D eigenvalue weighted by Crippen LogP contribution is -2.41. The second kappa shape index (κ2) is 11.6. The number of hydrogen-bond donors (Lipinski definition) is 1. The second-order valence-corrected chi connectivity index (χ2v) is 7.27. The van der Waals surface area contributed by atoms with E-state index in [0.717, 1.165) is 64.0 Å². The third kappa shape index (κ3) is 6.59. The predicted molar refractivity (Wildman–Crippen MR) is 117 cm³/mol. The molecule has 3 heterocycles. The SMILES string of the molecule is CCOCC1CCN(C(=NCc2cccs2)NCCc2ccco2)C1.I. The van der Waals surface area contributed by atoms with Crippen LogP contribution in [-0.4, -0.2) is 43.7 Å². The van der Waals surface area contributed by atoms with Crippen molar-refractivity contribution in [1.29, 1.82) is 0 Å². The summed E-state index contributed by atoms with van der Waals surface area (Å²) in [5.41, 5.74) is 0. The van der Waals surface area contributed by atoms with Crippen molar-refractivity contribution in [3.8, 4) is 0 Å². The Labute approximate surface area is 176 Å². The molecule has 144 valence electrons. The number of halogens is 1. The Bertz CT molecular complexity index is 631. The van der Waals surface area contributed by atoms with Crippen LogP contribution in [0.15, 0.2) is 45.3 Å². The van der Waals surface area contributed by atoms with Crippen molar-refractivity contribution < 1.29 is 9.15 Å². The minimum Gasteiger partial charge on any atom is -0.469 e. The highest BCUT2D eigenvalue weighted by molar-refractivity contribution is 14.0. The smallest absolute Gasteiger partial charge is 0.194 e. The fourth-order valence-corrected chi connectivity index (χ4v) is 3.65. The van der Waals surface area contributed by atoms with Crippen molar-refractivity contribution in [2.45, 2.75) is 26.3 Å². The number of thiophene rings is 1. The van der Waals surface area contributed by atoms with Crippen molar-refractivity contribution in [2.24, 2.45) is 10.9 Å². The number of nitrogens with zero attached hydrogens (tertiary/aromatic N) is 2. The van der Waals surface area contributed by atoms with E-state index in [0.29, 0.717) is 5.92 Å². The number of aliphatic imine (C=N–C) groups is 1. The van der Waals surface area contributed by atoms with Crippen LogP contribution in [0.2, 0.25) is 0 Å². The Morgan fingerprint density at radius 1 is 1.42 bits per heavy atom. The number of furan rings is 1. The molecule has 0 aliphatic carbocycles. The number of hydrogen-bond acceptors (Lipinski definition) is 4. The summed E-state index contributed by atoms with van der Waals surface area (Å²) >= 11 is 1.75. The molecular formula is C19H28IN3O2S. The van der Waals surface area contributed by atoms with E-state index in [4.69, 9.17) is 14.1 Å². The molecule has 0 saturated carbocycles. The zero-order valence-corrected chi connectivity index (χ0v) is 18.4. The molecule has 1 N–H and O–H groups in total. The molecule has 1 atom stereocenters. The summed E-state index contributed by atoms with van der Waals surface area (Å²) < 4.78 is 11.0. The molecule has 0 amide bonds. The lowest BCUT2D eigenvalue weighted by atomic mass is 10.1. The quantitative estimate of drug-likeness (QED) is 0.346. The molecule has 1 unspecified atom stereocenters. The van der Waals surface area contributed by atoms with Crippen molar-refractivity contribution in [3.05, 3.63) is 46.5 Å². The molecule has 0 bridgehead atoms. The van der Waals surface area contributed by atoms with Gasteiger partial charge in [-0.05, 0) is 36.9 Å². The van der Waals surface area contributed by atoms with Crippen molar-refractivity contribution in [2.75, 3.05) is 32.8 Å². The van der Waals surface area contributed by atoms with Gasteiger partial charge in [0.15, 0.2) is 5.96 Å². The van der Waals surface area contributed by atoms with Crippen LogP contribution < -0.4 is 5.32 Å². The van der Waals surface area contributed by atoms with Gasteiger partial charge in [0.1, 0.15) is 5.76 Å². The van der Waals surface area contributed by atoms with Gasteiger partial charge in [-0.25, -0.2) is 4.99 Å². The summed E-state index contributed by atoms with van der Waals surface area (Å²) in [5, 5.41) is 5.62. The van der Waals surface area contributed by atoms with Crippen molar-refractivity contribution in [1.82, 2.24) is 10.2 Å². The van der Waals surface area contributed by atoms with Crippen molar-refractivity contribution >= 4 is 41.3 Å². The van der Waals surface area contributed by atoms with E-state index in [1.807, 2.05) is 12.1 Å². The van der Waals surface area contributed by atoms with Gasteiger partial charge < -0.3 is 19.4 Å². The van der Waals surface area contributed by atoms with Gasteiger partial charge in [0.2, 0.25) is 0 Å². The van der Waals surface area contributed by atoms with Crippen LogP contribution in [0.5, 0.6) is 0 Å². The molecule has 0 spiro atoms. The Morgan fingerprint density at radius 2 is 2.35 bits per heavy atom. The van der Waals surface area contributed by atoms with Gasteiger partial charge in [0, 0.05) is 43.5 Å². The summed E-state index contributed by atoms with van der Waals surface area (Å²) in [4.78, 5) is 8.50. The molecule has 2 aromatic heterocycles. The van der Waals surface area contributed by atoms with Crippen LogP contribution in [-0.2, 0) is 17.7 Å². The zero-order valence-electron chi connectivity index (χ0n) is 15.2. The molecular weight excluding hydrogens is 461 g/mol. The maximum atomic E-state index is 5.60. The topological polar surface area (TPSA) is 50.0 Å². The van der Waals surface area contributed by atoms with E-state index in [1.165, 1.54) is 4.88 Å². The van der Waals surface area contributed by atoms with E-state index in [9.17, 15) is 0 Å². The summed E-state index contributed by atoms with van der Waals surface area (Å²) in [7, 11) is 0. The number of guanidine groups is 1. The molecule has 1 fully saturated rings. The molecule has 0 radical (unpaired) electrons. The van der Waals surface area contributed by atoms with Gasteiger partial charge in [-0.15, -0.1) is 35.3 Å². The summed E-state index contributed by atoms with van der Waals surface area (Å²) in [6.07, 6.45) is 3.75. The normalized spacial score (nSPS) is 17.3. The van der Waals surface area contributed by atoms with E-state index in [2.05, 4.69) is 34.7 Å². The molecule has 5 nitrogen and oxygen atoms in total. The van der Waals surface area contributed by atoms with E-state index in [-0.39, 0.29) is 24.0 Å². The predicted octanol–water partition coefficient (Wildman–Crippen LogP) is 4.01. The first kappa shape index (κ1) is 21.2. The third-order valence-corrected chi connectivity index (χ3v) is 5.20. The number of rotatable bonds is 8. The highest BCUT2D eigenvalue weighted by Gasteiger charge is 2.25. The van der Waals surface area contributed by atoms with Crippen LogP contribution in [0.3, 0.4) is 0 Å². The Kier molecular flexibility index (Phi) is 9.49. The van der Waals surface area contributed by atoms with Gasteiger partial charge in [-0.3, -0.25) is 0 Å². The van der Waals surface area contributed by atoms with Gasteiger partial charge >= 0.3 is 0 Å². The standard InChI is InChI=1S/C19H27N3O2S.HI/c1-2-23-15-16-8-10-22(14-16)19(21-13-18-6-4-12-25-18)20-9-7-17-5-3-11-24-17;/h3-6,11-12,16H,2,7-10,13-15H2,1H3,(H,20,21);1H. The lowest BCUT2D eigenvalue weighted by molar-refractivity contribution is 0.114. The molecule has 26 heavy (non-hydrogen) atoms. The first-order valence-corrected chi connectivity index (χ1v) is 9.89. The summed E-state index contributed by atoms with van der Waals surface area (Å²) in [6.45, 7) is 7.29. The minimum atomic E-state index is 0. The van der Waals surface area contributed by atoms with E-state index >= 15 is 0 Å². The maximum absolute atomic E-state index is 5.60. The molecule has 0 aromatic carbocycles. The average molecular weight is 489 g/mol. The highest BCUT2D eigenvalue weighted by atomic mass is 127. The van der Waals surface area contributed by atoms with E-state index in [1.54, 1.807) is 17.6 Å². The Morgan fingerprint density at radius 3 is 3.08 bits per heavy atom. The molecule has 7 heteroatoms. The summed E-state index contributed by atoms with van der Waals surface area (Å²) in [6, 6.07) is 8.15. The second-order valence-electron chi connectivity index (χ2n) is 6.24.